The molecule has 2 rings (SSSR count). The zero-order valence-electron chi connectivity index (χ0n) is 10.0. The molecule has 0 amide bonds. The van der Waals surface area contributed by atoms with E-state index in [-0.39, 0.29) is 5.83 Å². The molecule has 1 aromatic carbocycles. The van der Waals surface area contributed by atoms with Crippen LogP contribution in [0.2, 0.25) is 0 Å². The quantitative estimate of drug-likeness (QED) is 0.669. The molecule has 0 radical (unpaired) electrons. The first-order valence-corrected chi connectivity index (χ1v) is 5.75. The van der Waals surface area contributed by atoms with Crippen LogP contribution in [-0.2, 0) is 0 Å². The lowest BCUT2D eigenvalue weighted by Gasteiger charge is -2.08. The molecule has 0 spiro atoms. The Hall–Kier alpha value is -1.37. The van der Waals surface area contributed by atoms with Crippen molar-refractivity contribution < 1.29 is 4.39 Å². The molecular formula is C15H17F. The van der Waals surface area contributed by atoms with Crippen molar-refractivity contribution in [2.45, 2.75) is 27.2 Å². The summed E-state index contributed by atoms with van der Waals surface area (Å²) in [6.45, 7) is 6.14. The van der Waals surface area contributed by atoms with E-state index in [1.165, 1.54) is 5.57 Å². The normalized spacial score (nSPS) is 16.6. The van der Waals surface area contributed by atoms with Crippen molar-refractivity contribution in [2.24, 2.45) is 5.92 Å². The van der Waals surface area contributed by atoms with Gasteiger partial charge in [0.2, 0.25) is 0 Å². The van der Waals surface area contributed by atoms with Crippen LogP contribution in [0.1, 0.15) is 32.8 Å². The summed E-state index contributed by atoms with van der Waals surface area (Å²) in [6.07, 6.45) is 0.763. The third kappa shape index (κ3) is 1.82. The summed E-state index contributed by atoms with van der Waals surface area (Å²) in [5, 5.41) is 0. The summed E-state index contributed by atoms with van der Waals surface area (Å²) in [7, 11) is 0. The van der Waals surface area contributed by atoms with Gasteiger partial charge in [-0.2, -0.15) is 0 Å². The van der Waals surface area contributed by atoms with Crippen LogP contribution in [0.5, 0.6) is 0 Å². The van der Waals surface area contributed by atoms with Gasteiger partial charge in [-0.15, -0.1) is 0 Å². The van der Waals surface area contributed by atoms with Crippen LogP contribution in [-0.4, -0.2) is 0 Å². The standard InChI is InChI=1S/C15H17F/c1-10(2)13-9-14(15(16)11(13)3)12-7-5-4-6-8-12/h4-8,10H,9H2,1-3H3. The summed E-state index contributed by atoms with van der Waals surface area (Å²) >= 11 is 0. The Balaban J connectivity index is 2.37. The Labute approximate surface area is 96.5 Å². The monoisotopic (exact) mass is 216 g/mol. The van der Waals surface area contributed by atoms with Gasteiger partial charge in [-0.3, -0.25) is 0 Å². The molecule has 0 unspecified atom stereocenters. The highest BCUT2D eigenvalue weighted by Gasteiger charge is 2.24. The molecule has 0 nitrogen and oxygen atoms in total. The van der Waals surface area contributed by atoms with Gasteiger partial charge in [0.05, 0.1) is 0 Å². The molecular weight excluding hydrogens is 199 g/mol. The molecule has 0 atom stereocenters. The van der Waals surface area contributed by atoms with Gasteiger partial charge in [0.15, 0.2) is 0 Å². The zero-order valence-corrected chi connectivity index (χ0v) is 10.0. The van der Waals surface area contributed by atoms with E-state index in [0.717, 1.165) is 23.1 Å². The maximum atomic E-state index is 14.1. The van der Waals surface area contributed by atoms with Gasteiger partial charge in [-0.05, 0) is 36.0 Å². The summed E-state index contributed by atoms with van der Waals surface area (Å²) in [5.41, 5.74) is 3.93. The lowest BCUT2D eigenvalue weighted by molar-refractivity contribution is 0.653. The lowest BCUT2D eigenvalue weighted by atomic mass is 9.96. The molecule has 84 valence electrons. The van der Waals surface area contributed by atoms with Gasteiger partial charge in [0.1, 0.15) is 5.83 Å². The van der Waals surface area contributed by atoms with Crippen LogP contribution in [0.15, 0.2) is 47.3 Å². The highest BCUT2D eigenvalue weighted by atomic mass is 19.1. The minimum Gasteiger partial charge on any atom is -0.206 e. The molecule has 0 fully saturated rings. The van der Waals surface area contributed by atoms with E-state index in [4.69, 9.17) is 0 Å². The van der Waals surface area contributed by atoms with E-state index in [2.05, 4.69) is 13.8 Å². The molecule has 0 aliphatic heterocycles. The Morgan fingerprint density at radius 3 is 2.25 bits per heavy atom. The van der Waals surface area contributed by atoms with Gasteiger partial charge in [0, 0.05) is 0 Å². The van der Waals surface area contributed by atoms with E-state index in [1.54, 1.807) is 0 Å². The molecule has 0 saturated heterocycles. The van der Waals surface area contributed by atoms with Crippen LogP contribution in [0.3, 0.4) is 0 Å². The van der Waals surface area contributed by atoms with Crippen molar-refractivity contribution >= 4 is 5.57 Å². The molecule has 0 N–H and O–H groups in total. The van der Waals surface area contributed by atoms with Crippen molar-refractivity contribution in [2.75, 3.05) is 0 Å². The second-order valence-electron chi connectivity index (χ2n) is 4.64. The average Bonchev–Trinajstić information content (AvgIpc) is 2.58. The van der Waals surface area contributed by atoms with Crippen molar-refractivity contribution in [1.29, 1.82) is 0 Å². The smallest absolute Gasteiger partial charge is 0.130 e. The van der Waals surface area contributed by atoms with E-state index in [1.807, 2.05) is 37.3 Å². The molecule has 1 aromatic rings. The summed E-state index contributed by atoms with van der Waals surface area (Å²) in [6, 6.07) is 9.83. The molecule has 0 aromatic heterocycles. The third-order valence-corrected chi connectivity index (χ3v) is 3.26. The molecule has 0 saturated carbocycles. The first kappa shape index (κ1) is 11.1. The SMILES string of the molecule is CC1=C(C(C)C)CC(c2ccccc2)=C1F. The first-order chi connectivity index (χ1) is 7.61. The third-order valence-electron chi connectivity index (χ3n) is 3.26. The van der Waals surface area contributed by atoms with E-state index >= 15 is 0 Å². The summed E-state index contributed by atoms with van der Waals surface area (Å²) in [4.78, 5) is 0. The minimum atomic E-state index is -0.0186. The Kier molecular flexibility index (Phi) is 2.95. The molecule has 0 bridgehead atoms. The number of rotatable bonds is 2. The number of hydrogen-bond acceptors (Lipinski definition) is 0. The van der Waals surface area contributed by atoms with Crippen molar-refractivity contribution in [3.63, 3.8) is 0 Å². The van der Waals surface area contributed by atoms with E-state index in [9.17, 15) is 4.39 Å². The van der Waals surface area contributed by atoms with Crippen molar-refractivity contribution in [1.82, 2.24) is 0 Å². The fourth-order valence-electron chi connectivity index (χ4n) is 2.27. The van der Waals surface area contributed by atoms with Crippen molar-refractivity contribution in [3.05, 3.63) is 52.9 Å². The molecule has 16 heavy (non-hydrogen) atoms. The number of halogens is 1. The molecule has 0 heterocycles. The summed E-state index contributed by atoms with van der Waals surface area (Å²) < 4.78 is 14.1. The molecule has 1 aliphatic rings. The predicted molar refractivity (Wildman–Crippen MR) is 66.6 cm³/mol. The maximum Gasteiger partial charge on any atom is 0.130 e. The van der Waals surface area contributed by atoms with E-state index in [0.29, 0.717) is 5.92 Å². The van der Waals surface area contributed by atoms with Crippen LogP contribution in [0.25, 0.3) is 5.57 Å². The Morgan fingerprint density at radius 2 is 1.75 bits per heavy atom. The van der Waals surface area contributed by atoms with Gasteiger partial charge in [0.25, 0.3) is 0 Å². The average molecular weight is 216 g/mol. The fourth-order valence-corrected chi connectivity index (χ4v) is 2.27. The van der Waals surface area contributed by atoms with Crippen molar-refractivity contribution in [3.8, 4) is 0 Å². The maximum absolute atomic E-state index is 14.1. The summed E-state index contributed by atoms with van der Waals surface area (Å²) in [5.74, 6) is 0.405. The Morgan fingerprint density at radius 1 is 1.12 bits per heavy atom. The number of allylic oxidation sites excluding steroid dienone is 4. The molecule has 1 aliphatic carbocycles. The van der Waals surface area contributed by atoms with Crippen LogP contribution in [0, 0.1) is 5.92 Å². The highest BCUT2D eigenvalue weighted by Crippen LogP contribution is 2.41. The largest absolute Gasteiger partial charge is 0.206 e. The highest BCUT2D eigenvalue weighted by molar-refractivity contribution is 5.76. The van der Waals surface area contributed by atoms with Crippen LogP contribution >= 0.6 is 0 Å². The predicted octanol–water partition coefficient (Wildman–Crippen LogP) is 4.74. The molecule has 1 heteroatoms. The minimum absolute atomic E-state index is 0.0186. The topological polar surface area (TPSA) is 0 Å². The fraction of sp³-hybridized carbons (Fsp3) is 0.333. The van der Waals surface area contributed by atoms with Gasteiger partial charge < -0.3 is 0 Å². The lowest BCUT2D eigenvalue weighted by Crippen LogP contribution is -1.93. The van der Waals surface area contributed by atoms with Gasteiger partial charge in [-0.1, -0.05) is 49.8 Å². The second kappa shape index (κ2) is 4.25. The van der Waals surface area contributed by atoms with Gasteiger partial charge >= 0.3 is 0 Å². The number of benzene rings is 1. The Bertz CT molecular complexity index is 450. The second-order valence-corrected chi connectivity index (χ2v) is 4.64. The van der Waals surface area contributed by atoms with Crippen LogP contribution < -0.4 is 0 Å². The van der Waals surface area contributed by atoms with Crippen LogP contribution in [0.4, 0.5) is 4.39 Å². The van der Waals surface area contributed by atoms with Gasteiger partial charge in [-0.25, -0.2) is 4.39 Å². The zero-order chi connectivity index (χ0) is 11.7. The number of hydrogen-bond donors (Lipinski definition) is 0. The first-order valence-electron chi connectivity index (χ1n) is 5.75. The van der Waals surface area contributed by atoms with E-state index < -0.39 is 0 Å².